The van der Waals surface area contributed by atoms with Crippen LogP contribution in [0.25, 0.3) is 22.2 Å². The van der Waals surface area contributed by atoms with Gasteiger partial charge in [-0.25, -0.2) is 0 Å². The number of aromatic nitrogens is 1. The molecule has 0 unspecified atom stereocenters. The average molecular weight is 266 g/mol. The van der Waals surface area contributed by atoms with Crippen LogP contribution in [0.2, 0.25) is 0 Å². The number of carbonyl (C=O) groups is 1. The zero-order valence-electron chi connectivity index (χ0n) is 10.7. The zero-order chi connectivity index (χ0) is 14.1. The van der Waals surface area contributed by atoms with Gasteiger partial charge in [0.05, 0.1) is 5.69 Å². The van der Waals surface area contributed by atoms with Crippen LogP contribution in [0, 0.1) is 0 Å². The highest BCUT2D eigenvalue weighted by Gasteiger charge is 2.23. The van der Waals surface area contributed by atoms with Crippen LogP contribution in [-0.4, -0.2) is 16.1 Å². The van der Waals surface area contributed by atoms with E-state index in [1.807, 2.05) is 54.6 Å². The summed E-state index contributed by atoms with van der Waals surface area (Å²) in [5, 5.41) is 10.1. The van der Waals surface area contributed by atoms with Crippen molar-refractivity contribution in [2.24, 2.45) is 5.73 Å². The number of H-pyrrole nitrogens is 1. The number of nitrogens with two attached hydrogens (primary N) is 1. The number of fused-ring (bicyclic) bond motifs is 1. The SMILES string of the molecule is N[C@H](C(=O)O)c1c(-c2ccccc2)[nH]c2ccccc12. The van der Waals surface area contributed by atoms with Crippen molar-refractivity contribution in [3.05, 3.63) is 60.2 Å². The number of para-hydroxylation sites is 1. The quantitative estimate of drug-likeness (QED) is 0.682. The molecule has 3 rings (SSSR count). The molecular formula is C16H14N2O2. The van der Waals surface area contributed by atoms with Gasteiger partial charge >= 0.3 is 5.97 Å². The lowest BCUT2D eigenvalue weighted by atomic mass is 9.99. The summed E-state index contributed by atoms with van der Waals surface area (Å²) in [6.45, 7) is 0. The van der Waals surface area contributed by atoms with E-state index in [1.165, 1.54) is 0 Å². The van der Waals surface area contributed by atoms with E-state index in [1.54, 1.807) is 0 Å². The molecule has 0 aliphatic carbocycles. The first-order chi connectivity index (χ1) is 9.68. The van der Waals surface area contributed by atoms with Crippen LogP contribution < -0.4 is 5.73 Å². The van der Waals surface area contributed by atoms with Crippen molar-refractivity contribution in [3.63, 3.8) is 0 Å². The number of hydrogen-bond donors (Lipinski definition) is 3. The third-order valence-electron chi connectivity index (χ3n) is 3.39. The third-order valence-corrected chi connectivity index (χ3v) is 3.39. The summed E-state index contributed by atoms with van der Waals surface area (Å²) >= 11 is 0. The molecule has 1 heterocycles. The number of carboxylic acids is 1. The predicted octanol–water partition coefficient (Wildman–Crippen LogP) is 2.92. The van der Waals surface area contributed by atoms with Gasteiger partial charge in [-0.15, -0.1) is 0 Å². The summed E-state index contributed by atoms with van der Waals surface area (Å²) in [6, 6.07) is 16.1. The molecular weight excluding hydrogens is 252 g/mol. The molecule has 0 spiro atoms. The van der Waals surface area contributed by atoms with Crippen molar-refractivity contribution < 1.29 is 9.90 Å². The van der Waals surface area contributed by atoms with Crippen LogP contribution >= 0.6 is 0 Å². The second kappa shape index (κ2) is 4.83. The Labute approximate surface area is 115 Å². The van der Waals surface area contributed by atoms with Gasteiger partial charge in [0.25, 0.3) is 0 Å². The number of nitrogens with one attached hydrogen (secondary N) is 1. The van der Waals surface area contributed by atoms with E-state index in [2.05, 4.69) is 4.98 Å². The van der Waals surface area contributed by atoms with Gasteiger partial charge in [0.15, 0.2) is 0 Å². The summed E-state index contributed by atoms with van der Waals surface area (Å²) in [6.07, 6.45) is 0. The molecule has 3 aromatic rings. The highest BCUT2D eigenvalue weighted by molar-refractivity contribution is 5.95. The lowest BCUT2D eigenvalue weighted by Crippen LogP contribution is -2.21. The fourth-order valence-electron chi connectivity index (χ4n) is 2.44. The van der Waals surface area contributed by atoms with Crippen molar-refractivity contribution in [3.8, 4) is 11.3 Å². The largest absolute Gasteiger partial charge is 0.480 e. The van der Waals surface area contributed by atoms with Crippen LogP contribution in [0.4, 0.5) is 0 Å². The normalized spacial score (nSPS) is 12.4. The number of hydrogen-bond acceptors (Lipinski definition) is 2. The number of rotatable bonds is 3. The summed E-state index contributed by atoms with van der Waals surface area (Å²) in [5.74, 6) is -1.04. The second-order valence-corrected chi connectivity index (χ2v) is 4.64. The van der Waals surface area contributed by atoms with E-state index in [0.717, 1.165) is 22.2 Å². The number of benzene rings is 2. The molecule has 0 aliphatic rings. The molecule has 1 aromatic heterocycles. The van der Waals surface area contributed by atoms with Crippen LogP contribution in [0.3, 0.4) is 0 Å². The molecule has 0 saturated carbocycles. The minimum Gasteiger partial charge on any atom is -0.480 e. The molecule has 0 amide bonds. The first-order valence-corrected chi connectivity index (χ1v) is 6.33. The lowest BCUT2D eigenvalue weighted by molar-refractivity contribution is -0.138. The molecule has 0 radical (unpaired) electrons. The molecule has 0 fully saturated rings. The fraction of sp³-hybridized carbons (Fsp3) is 0.0625. The van der Waals surface area contributed by atoms with Gasteiger partial charge in [0.2, 0.25) is 0 Å². The smallest absolute Gasteiger partial charge is 0.325 e. The zero-order valence-corrected chi connectivity index (χ0v) is 10.7. The topological polar surface area (TPSA) is 79.1 Å². The van der Waals surface area contributed by atoms with Gasteiger partial charge in [-0.05, 0) is 11.6 Å². The molecule has 100 valence electrons. The Bertz CT molecular complexity index is 763. The molecule has 0 saturated heterocycles. The molecule has 1 atom stereocenters. The lowest BCUT2D eigenvalue weighted by Gasteiger charge is -2.09. The third kappa shape index (κ3) is 1.96. The first-order valence-electron chi connectivity index (χ1n) is 6.33. The summed E-state index contributed by atoms with van der Waals surface area (Å²) in [4.78, 5) is 14.6. The van der Waals surface area contributed by atoms with E-state index < -0.39 is 12.0 Å². The van der Waals surface area contributed by atoms with Gasteiger partial charge in [-0.3, -0.25) is 4.79 Å². The standard InChI is InChI=1S/C16H14N2O2/c17-14(16(19)20)13-11-8-4-5-9-12(11)18-15(13)10-6-2-1-3-7-10/h1-9,14,18H,17H2,(H,19,20)/t14-/m0/s1. The summed E-state index contributed by atoms with van der Waals surface area (Å²) in [7, 11) is 0. The molecule has 4 N–H and O–H groups in total. The van der Waals surface area contributed by atoms with Crippen LogP contribution in [0.15, 0.2) is 54.6 Å². The predicted molar refractivity (Wildman–Crippen MR) is 78.3 cm³/mol. The second-order valence-electron chi connectivity index (χ2n) is 4.64. The van der Waals surface area contributed by atoms with Crippen molar-refractivity contribution in [1.29, 1.82) is 0 Å². The molecule has 0 aliphatic heterocycles. The maximum Gasteiger partial charge on any atom is 0.325 e. The summed E-state index contributed by atoms with van der Waals surface area (Å²) in [5.41, 5.74) is 9.07. The molecule has 0 bridgehead atoms. The van der Waals surface area contributed by atoms with E-state index in [4.69, 9.17) is 5.73 Å². The monoisotopic (exact) mass is 266 g/mol. The molecule has 20 heavy (non-hydrogen) atoms. The van der Waals surface area contributed by atoms with Crippen molar-refractivity contribution in [1.82, 2.24) is 4.98 Å². The Morgan fingerprint density at radius 1 is 1.05 bits per heavy atom. The fourth-order valence-corrected chi connectivity index (χ4v) is 2.44. The number of aliphatic carboxylic acids is 1. The summed E-state index contributed by atoms with van der Waals surface area (Å²) < 4.78 is 0. The van der Waals surface area contributed by atoms with E-state index in [-0.39, 0.29) is 0 Å². The molecule has 4 nitrogen and oxygen atoms in total. The highest BCUT2D eigenvalue weighted by Crippen LogP contribution is 2.33. The number of carboxylic acid groups (broad SMARTS) is 1. The van der Waals surface area contributed by atoms with Gasteiger partial charge in [-0.1, -0.05) is 48.5 Å². The van der Waals surface area contributed by atoms with Crippen molar-refractivity contribution >= 4 is 16.9 Å². The minimum absolute atomic E-state index is 0.624. The molecule has 2 aromatic carbocycles. The maximum absolute atomic E-state index is 11.3. The van der Waals surface area contributed by atoms with Gasteiger partial charge < -0.3 is 15.8 Å². The Hall–Kier alpha value is -2.59. The van der Waals surface area contributed by atoms with Gasteiger partial charge in [0.1, 0.15) is 6.04 Å². The Balaban J connectivity index is 2.31. The van der Waals surface area contributed by atoms with Crippen molar-refractivity contribution in [2.75, 3.05) is 0 Å². The highest BCUT2D eigenvalue weighted by atomic mass is 16.4. The first kappa shape index (κ1) is 12.4. The Morgan fingerprint density at radius 3 is 2.40 bits per heavy atom. The molecule has 4 heteroatoms. The maximum atomic E-state index is 11.3. The van der Waals surface area contributed by atoms with Gasteiger partial charge in [-0.2, -0.15) is 0 Å². The average Bonchev–Trinajstić information content (AvgIpc) is 2.86. The minimum atomic E-state index is -1.05. The van der Waals surface area contributed by atoms with E-state index in [0.29, 0.717) is 5.56 Å². The van der Waals surface area contributed by atoms with Gasteiger partial charge in [0, 0.05) is 16.5 Å². The number of aromatic amines is 1. The van der Waals surface area contributed by atoms with Crippen LogP contribution in [-0.2, 0) is 4.79 Å². The Morgan fingerprint density at radius 2 is 1.70 bits per heavy atom. The Kier molecular flexibility index (Phi) is 3.00. The van der Waals surface area contributed by atoms with Crippen LogP contribution in [0.1, 0.15) is 11.6 Å². The van der Waals surface area contributed by atoms with Crippen molar-refractivity contribution in [2.45, 2.75) is 6.04 Å². The van der Waals surface area contributed by atoms with E-state index in [9.17, 15) is 9.90 Å². The van der Waals surface area contributed by atoms with E-state index >= 15 is 0 Å². The van der Waals surface area contributed by atoms with Crippen LogP contribution in [0.5, 0.6) is 0 Å².